The SMILES string of the molecule is CCCN1CCC(NC=O)(C(=O)NCC(C)O)C2c3ccccc3C(=O)CC21. The summed E-state index contributed by atoms with van der Waals surface area (Å²) in [5, 5.41) is 15.2. The van der Waals surface area contributed by atoms with Crippen LogP contribution in [0, 0.1) is 0 Å². The maximum Gasteiger partial charge on any atom is 0.246 e. The number of nitrogens with zero attached hydrogens (tertiary/aromatic N) is 1. The molecule has 1 aliphatic heterocycles. The number of piperidine rings is 1. The number of nitrogens with one attached hydrogen (secondary N) is 2. The van der Waals surface area contributed by atoms with Gasteiger partial charge in [-0.05, 0) is 31.9 Å². The summed E-state index contributed by atoms with van der Waals surface area (Å²) in [6.07, 6.45) is 1.61. The zero-order valence-corrected chi connectivity index (χ0v) is 16.5. The molecule has 1 heterocycles. The Morgan fingerprint density at radius 3 is 2.86 bits per heavy atom. The van der Waals surface area contributed by atoms with E-state index in [0.717, 1.165) is 18.5 Å². The third-order valence-electron chi connectivity index (χ3n) is 5.96. The van der Waals surface area contributed by atoms with Crippen LogP contribution in [0.15, 0.2) is 24.3 Å². The van der Waals surface area contributed by atoms with Crippen LogP contribution in [0.25, 0.3) is 0 Å². The molecular formula is C21H29N3O4. The van der Waals surface area contributed by atoms with E-state index in [2.05, 4.69) is 22.5 Å². The van der Waals surface area contributed by atoms with Gasteiger partial charge in [-0.25, -0.2) is 0 Å². The van der Waals surface area contributed by atoms with Crippen molar-refractivity contribution in [1.29, 1.82) is 0 Å². The molecule has 28 heavy (non-hydrogen) atoms. The molecule has 4 atom stereocenters. The molecule has 0 aromatic heterocycles. The Labute approximate surface area is 165 Å². The maximum absolute atomic E-state index is 13.3. The summed E-state index contributed by atoms with van der Waals surface area (Å²) in [4.78, 5) is 39.9. The minimum absolute atomic E-state index is 0.0734. The molecule has 0 saturated carbocycles. The number of carbonyl (C=O) groups is 3. The van der Waals surface area contributed by atoms with E-state index in [-0.39, 0.29) is 30.2 Å². The minimum atomic E-state index is -1.15. The highest BCUT2D eigenvalue weighted by Gasteiger charge is 2.56. The number of Topliss-reactive ketones (excluding diaryl/α,β-unsaturated/α-hetero) is 1. The molecule has 7 nitrogen and oxygen atoms in total. The largest absolute Gasteiger partial charge is 0.392 e. The number of hydrogen-bond acceptors (Lipinski definition) is 5. The number of ketones is 1. The van der Waals surface area contributed by atoms with E-state index < -0.39 is 11.6 Å². The van der Waals surface area contributed by atoms with E-state index in [1.54, 1.807) is 13.0 Å². The summed E-state index contributed by atoms with van der Waals surface area (Å²) < 4.78 is 0. The fraction of sp³-hybridized carbons (Fsp3) is 0.571. The summed E-state index contributed by atoms with van der Waals surface area (Å²) in [6.45, 7) is 5.25. The van der Waals surface area contributed by atoms with Crippen LogP contribution < -0.4 is 10.6 Å². The molecule has 1 aromatic carbocycles. The topological polar surface area (TPSA) is 98.7 Å². The Balaban J connectivity index is 2.09. The van der Waals surface area contributed by atoms with Crippen LogP contribution in [0.5, 0.6) is 0 Å². The van der Waals surface area contributed by atoms with Crippen LogP contribution in [0.1, 0.15) is 54.9 Å². The fourth-order valence-electron chi connectivity index (χ4n) is 4.77. The second-order valence-corrected chi connectivity index (χ2v) is 7.84. The molecule has 7 heteroatoms. The molecule has 1 aromatic rings. The molecular weight excluding hydrogens is 358 g/mol. The average molecular weight is 387 g/mol. The highest BCUT2D eigenvalue weighted by atomic mass is 16.3. The van der Waals surface area contributed by atoms with Gasteiger partial charge in [-0.2, -0.15) is 0 Å². The van der Waals surface area contributed by atoms with Gasteiger partial charge in [0.15, 0.2) is 5.78 Å². The van der Waals surface area contributed by atoms with Crippen LogP contribution in [-0.2, 0) is 9.59 Å². The molecule has 0 spiro atoms. The number of aliphatic hydroxyl groups excluding tert-OH is 1. The second kappa shape index (κ2) is 8.41. The van der Waals surface area contributed by atoms with Crippen molar-refractivity contribution in [1.82, 2.24) is 15.5 Å². The standard InChI is InChI=1S/C21H29N3O4/c1-3-9-24-10-8-21(23-13-25,20(28)22-12-14(2)26)19-16-7-5-4-6-15(16)18(27)11-17(19)24/h4-7,13-14,17,19,26H,3,8-12H2,1-2H3,(H,22,28)(H,23,25). The zero-order chi connectivity index (χ0) is 20.3. The first-order valence-corrected chi connectivity index (χ1v) is 9.98. The summed E-state index contributed by atoms with van der Waals surface area (Å²) in [5.41, 5.74) is 0.288. The molecule has 2 aliphatic rings. The Hall–Kier alpha value is -2.25. The Kier molecular flexibility index (Phi) is 6.15. The van der Waals surface area contributed by atoms with Crippen molar-refractivity contribution in [2.75, 3.05) is 19.6 Å². The van der Waals surface area contributed by atoms with E-state index >= 15 is 0 Å². The lowest BCUT2D eigenvalue weighted by Crippen LogP contribution is -2.69. The van der Waals surface area contributed by atoms with Gasteiger partial charge in [0.05, 0.1) is 6.10 Å². The fourth-order valence-corrected chi connectivity index (χ4v) is 4.77. The molecule has 3 rings (SSSR count). The average Bonchev–Trinajstić information content (AvgIpc) is 2.68. The normalized spacial score (nSPS) is 28.0. The number of rotatable bonds is 7. The van der Waals surface area contributed by atoms with Crippen LogP contribution in [0.2, 0.25) is 0 Å². The first-order valence-electron chi connectivity index (χ1n) is 9.98. The maximum atomic E-state index is 13.3. The van der Waals surface area contributed by atoms with Crippen LogP contribution >= 0.6 is 0 Å². The summed E-state index contributed by atoms with van der Waals surface area (Å²) in [6, 6.07) is 7.23. The van der Waals surface area contributed by atoms with Crippen molar-refractivity contribution in [3.63, 3.8) is 0 Å². The Bertz CT molecular complexity index is 751. The van der Waals surface area contributed by atoms with Crippen molar-refractivity contribution in [3.8, 4) is 0 Å². The van der Waals surface area contributed by atoms with E-state index in [0.29, 0.717) is 31.4 Å². The van der Waals surface area contributed by atoms with Gasteiger partial charge in [0, 0.05) is 37.0 Å². The van der Waals surface area contributed by atoms with Gasteiger partial charge < -0.3 is 15.7 Å². The van der Waals surface area contributed by atoms with Gasteiger partial charge in [-0.15, -0.1) is 0 Å². The zero-order valence-electron chi connectivity index (χ0n) is 16.5. The highest BCUT2D eigenvalue weighted by Crippen LogP contribution is 2.46. The number of hydrogen-bond donors (Lipinski definition) is 3. The molecule has 1 saturated heterocycles. The van der Waals surface area contributed by atoms with Gasteiger partial charge in [-0.3, -0.25) is 19.3 Å². The predicted octanol–water partition coefficient (Wildman–Crippen LogP) is 0.823. The van der Waals surface area contributed by atoms with Gasteiger partial charge in [0.25, 0.3) is 0 Å². The van der Waals surface area contributed by atoms with Crippen molar-refractivity contribution in [2.45, 2.75) is 56.7 Å². The molecule has 1 fully saturated rings. The van der Waals surface area contributed by atoms with Crippen molar-refractivity contribution in [3.05, 3.63) is 35.4 Å². The molecule has 0 bridgehead atoms. The predicted molar refractivity (Wildman–Crippen MR) is 105 cm³/mol. The third kappa shape index (κ3) is 3.56. The van der Waals surface area contributed by atoms with E-state index in [1.807, 2.05) is 18.2 Å². The Morgan fingerprint density at radius 2 is 2.18 bits per heavy atom. The van der Waals surface area contributed by atoms with Gasteiger partial charge in [-0.1, -0.05) is 31.2 Å². The summed E-state index contributed by atoms with van der Waals surface area (Å²) in [5.74, 6) is -0.569. The van der Waals surface area contributed by atoms with Gasteiger partial charge >= 0.3 is 0 Å². The molecule has 4 unspecified atom stereocenters. The number of benzene rings is 1. The van der Waals surface area contributed by atoms with Crippen molar-refractivity contribution < 1.29 is 19.5 Å². The van der Waals surface area contributed by atoms with E-state index in [4.69, 9.17) is 0 Å². The Morgan fingerprint density at radius 1 is 1.43 bits per heavy atom. The quantitative estimate of drug-likeness (QED) is 0.602. The number of likely N-dealkylation sites (tertiary alicyclic amines) is 1. The number of fused-ring (bicyclic) bond motifs is 3. The third-order valence-corrected chi connectivity index (χ3v) is 5.96. The molecule has 3 N–H and O–H groups in total. The molecule has 2 amide bonds. The lowest BCUT2D eigenvalue weighted by atomic mass is 9.63. The van der Waals surface area contributed by atoms with E-state index in [1.165, 1.54) is 0 Å². The molecule has 0 radical (unpaired) electrons. The van der Waals surface area contributed by atoms with Gasteiger partial charge in [0.2, 0.25) is 12.3 Å². The summed E-state index contributed by atoms with van der Waals surface area (Å²) >= 11 is 0. The van der Waals surface area contributed by atoms with Crippen LogP contribution in [0.3, 0.4) is 0 Å². The first-order chi connectivity index (χ1) is 13.4. The first kappa shape index (κ1) is 20.5. The summed E-state index contributed by atoms with van der Waals surface area (Å²) in [7, 11) is 0. The number of amides is 2. The smallest absolute Gasteiger partial charge is 0.246 e. The van der Waals surface area contributed by atoms with Crippen molar-refractivity contribution in [2.24, 2.45) is 0 Å². The number of carbonyl (C=O) groups excluding carboxylic acids is 3. The molecule has 152 valence electrons. The second-order valence-electron chi connectivity index (χ2n) is 7.84. The number of aliphatic hydroxyl groups is 1. The van der Waals surface area contributed by atoms with Crippen LogP contribution in [0.4, 0.5) is 0 Å². The lowest BCUT2D eigenvalue weighted by Gasteiger charge is -2.53. The minimum Gasteiger partial charge on any atom is -0.392 e. The lowest BCUT2D eigenvalue weighted by molar-refractivity contribution is -0.135. The van der Waals surface area contributed by atoms with Crippen LogP contribution in [-0.4, -0.2) is 65.4 Å². The van der Waals surface area contributed by atoms with E-state index in [9.17, 15) is 19.5 Å². The van der Waals surface area contributed by atoms with Crippen molar-refractivity contribution >= 4 is 18.1 Å². The highest BCUT2D eigenvalue weighted by molar-refractivity contribution is 6.01. The monoisotopic (exact) mass is 387 g/mol. The molecule has 1 aliphatic carbocycles. The van der Waals surface area contributed by atoms with Gasteiger partial charge in [0.1, 0.15) is 5.54 Å².